The molecule has 1 aromatic rings. The van der Waals surface area contributed by atoms with Gasteiger partial charge in [0, 0.05) is 37.4 Å². The summed E-state index contributed by atoms with van der Waals surface area (Å²) in [6, 6.07) is 0.167. The van der Waals surface area contributed by atoms with Crippen LogP contribution in [0.1, 0.15) is 37.4 Å². The molecule has 7 heteroatoms. The van der Waals surface area contributed by atoms with Gasteiger partial charge in [-0.15, -0.1) is 35.3 Å². The van der Waals surface area contributed by atoms with Crippen LogP contribution in [0.4, 0.5) is 0 Å². The van der Waals surface area contributed by atoms with E-state index in [0.29, 0.717) is 25.0 Å². The molecule has 0 amide bonds. The lowest BCUT2D eigenvalue weighted by atomic mass is 10.2. The van der Waals surface area contributed by atoms with Crippen molar-refractivity contribution in [3.63, 3.8) is 0 Å². The van der Waals surface area contributed by atoms with Crippen LogP contribution < -0.4 is 11.1 Å². The summed E-state index contributed by atoms with van der Waals surface area (Å²) in [6.45, 7) is 7.57. The van der Waals surface area contributed by atoms with E-state index in [1.54, 1.807) is 18.4 Å². The van der Waals surface area contributed by atoms with Gasteiger partial charge in [-0.25, -0.2) is 4.98 Å². The molecule has 1 heterocycles. The van der Waals surface area contributed by atoms with Crippen molar-refractivity contribution in [2.45, 2.75) is 39.2 Å². The Labute approximate surface area is 142 Å². The van der Waals surface area contributed by atoms with Crippen molar-refractivity contribution in [3.05, 3.63) is 16.1 Å². The monoisotopic (exact) mass is 412 g/mol. The van der Waals surface area contributed by atoms with Crippen molar-refractivity contribution in [1.29, 1.82) is 0 Å². The summed E-state index contributed by atoms with van der Waals surface area (Å²) in [7, 11) is 1.67. The number of nitrogens with zero attached hydrogens (tertiary/aromatic N) is 2. The van der Waals surface area contributed by atoms with Crippen LogP contribution in [0.15, 0.2) is 10.4 Å². The van der Waals surface area contributed by atoms with E-state index >= 15 is 0 Å². The van der Waals surface area contributed by atoms with Crippen molar-refractivity contribution in [2.24, 2.45) is 10.7 Å². The smallest absolute Gasteiger partial charge is 0.188 e. The SMILES string of the molecule is COCC(C)NC(N)=NCCc1csc(C(C)C)n1.I. The average molecular weight is 412 g/mol. The second-order valence-electron chi connectivity index (χ2n) is 4.85. The largest absolute Gasteiger partial charge is 0.383 e. The molecule has 0 bridgehead atoms. The predicted octanol–water partition coefficient (Wildman–Crippen LogP) is 2.37. The topological polar surface area (TPSA) is 72.5 Å². The fourth-order valence-electron chi connectivity index (χ4n) is 1.58. The van der Waals surface area contributed by atoms with Crippen LogP contribution in [0, 0.1) is 0 Å². The second kappa shape index (κ2) is 10.3. The first kappa shape index (κ1) is 19.6. The van der Waals surface area contributed by atoms with Gasteiger partial charge in [-0.3, -0.25) is 4.99 Å². The van der Waals surface area contributed by atoms with E-state index in [1.165, 1.54) is 5.01 Å². The Kier molecular flexibility index (Phi) is 10.1. The fourth-order valence-corrected chi connectivity index (χ4v) is 2.45. The molecule has 1 aromatic heterocycles. The summed E-state index contributed by atoms with van der Waals surface area (Å²) in [5.41, 5.74) is 6.88. The van der Waals surface area contributed by atoms with Crippen molar-refractivity contribution in [3.8, 4) is 0 Å². The maximum Gasteiger partial charge on any atom is 0.188 e. The van der Waals surface area contributed by atoms with Gasteiger partial charge < -0.3 is 15.8 Å². The van der Waals surface area contributed by atoms with Gasteiger partial charge in [-0.2, -0.15) is 0 Å². The molecule has 0 saturated carbocycles. The predicted molar refractivity (Wildman–Crippen MR) is 96.3 cm³/mol. The van der Waals surface area contributed by atoms with Gasteiger partial charge in [0.15, 0.2) is 5.96 Å². The zero-order chi connectivity index (χ0) is 14.3. The third kappa shape index (κ3) is 7.39. The van der Waals surface area contributed by atoms with Crippen LogP contribution in [0.3, 0.4) is 0 Å². The summed E-state index contributed by atoms with van der Waals surface area (Å²) < 4.78 is 5.02. The number of hydrogen-bond acceptors (Lipinski definition) is 4. The minimum atomic E-state index is 0. The van der Waals surface area contributed by atoms with E-state index < -0.39 is 0 Å². The van der Waals surface area contributed by atoms with Crippen LogP contribution >= 0.6 is 35.3 Å². The molecule has 0 aromatic carbocycles. The molecule has 1 unspecified atom stereocenters. The van der Waals surface area contributed by atoms with Crippen LogP contribution in [0.25, 0.3) is 0 Å². The maximum absolute atomic E-state index is 5.79. The van der Waals surface area contributed by atoms with Crippen LogP contribution in [-0.4, -0.2) is 37.2 Å². The van der Waals surface area contributed by atoms with E-state index in [2.05, 4.69) is 34.5 Å². The molecule has 0 spiro atoms. The molecule has 116 valence electrons. The Hall–Kier alpha value is -0.410. The number of hydrogen-bond donors (Lipinski definition) is 2. The molecule has 0 fully saturated rings. The molecule has 1 atom stereocenters. The van der Waals surface area contributed by atoms with Gasteiger partial charge >= 0.3 is 0 Å². The fraction of sp³-hybridized carbons (Fsp3) is 0.692. The Bertz CT molecular complexity index is 409. The third-order valence-corrected chi connectivity index (χ3v) is 3.72. The molecule has 5 nitrogen and oxygen atoms in total. The Morgan fingerprint density at radius 1 is 1.50 bits per heavy atom. The highest BCUT2D eigenvalue weighted by Crippen LogP contribution is 2.19. The lowest BCUT2D eigenvalue weighted by Crippen LogP contribution is -2.40. The van der Waals surface area contributed by atoms with Crippen molar-refractivity contribution in [2.75, 3.05) is 20.3 Å². The molecule has 0 saturated heterocycles. The highest BCUT2D eigenvalue weighted by molar-refractivity contribution is 14.0. The number of nitrogens with one attached hydrogen (secondary N) is 1. The standard InChI is InChI=1S/C13H24N4OS.HI/c1-9(2)12-17-11(8-19-12)5-6-15-13(14)16-10(3)7-18-4;/h8-10H,5-7H2,1-4H3,(H3,14,15,16);1H. The quantitative estimate of drug-likeness (QED) is 0.410. The summed E-state index contributed by atoms with van der Waals surface area (Å²) >= 11 is 1.71. The van der Waals surface area contributed by atoms with Gasteiger partial charge in [-0.1, -0.05) is 13.8 Å². The number of ether oxygens (including phenoxy) is 1. The number of halogens is 1. The number of aromatic nitrogens is 1. The highest BCUT2D eigenvalue weighted by Gasteiger charge is 2.05. The Balaban J connectivity index is 0.00000361. The number of nitrogens with two attached hydrogens (primary N) is 1. The highest BCUT2D eigenvalue weighted by atomic mass is 127. The van der Waals surface area contributed by atoms with E-state index in [0.717, 1.165) is 12.1 Å². The second-order valence-corrected chi connectivity index (χ2v) is 5.74. The van der Waals surface area contributed by atoms with E-state index in [4.69, 9.17) is 10.5 Å². The normalized spacial score (nSPS) is 13.2. The molecule has 0 aliphatic rings. The van der Waals surface area contributed by atoms with Gasteiger partial charge in [0.2, 0.25) is 0 Å². The van der Waals surface area contributed by atoms with Crippen LogP contribution in [0.2, 0.25) is 0 Å². The number of methoxy groups -OCH3 is 1. The first-order valence-corrected chi connectivity index (χ1v) is 7.40. The first-order chi connectivity index (χ1) is 9.02. The first-order valence-electron chi connectivity index (χ1n) is 6.52. The third-order valence-electron chi connectivity index (χ3n) is 2.52. The zero-order valence-electron chi connectivity index (χ0n) is 12.5. The van der Waals surface area contributed by atoms with Crippen LogP contribution in [-0.2, 0) is 11.2 Å². The molecule has 20 heavy (non-hydrogen) atoms. The van der Waals surface area contributed by atoms with Gasteiger partial charge in [-0.05, 0) is 6.92 Å². The summed E-state index contributed by atoms with van der Waals surface area (Å²) in [6.07, 6.45) is 0.824. The Morgan fingerprint density at radius 2 is 2.20 bits per heavy atom. The number of guanidine groups is 1. The number of thiazole rings is 1. The van der Waals surface area contributed by atoms with Gasteiger partial charge in [0.05, 0.1) is 17.3 Å². The summed E-state index contributed by atoms with van der Waals surface area (Å²) in [4.78, 5) is 8.85. The maximum atomic E-state index is 5.79. The minimum Gasteiger partial charge on any atom is -0.383 e. The Morgan fingerprint density at radius 3 is 2.75 bits per heavy atom. The lowest BCUT2D eigenvalue weighted by Gasteiger charge is -2.12. The molecule has 0 aliphatic heterocycles. The van der Waals surface area contributed by atoms with Gasteiger partial charge in [0.25, 0.3) is 0 Å². The van der Waals surface area contributed by atoms with Crippen molar-refractivity contribution in [1.82, 2.24) is 10.3 Å². The molecule has 0 aliphatic carbocycles. The van der Waals surface area contributed by atoms with E-state index in [1.807, 2.05) is 6.92 Å². The summed E-state index contributed by atoms with van der Waals surface area (Å²) in [5, 5.41) is 6.35. The number of rotatable bonds is 7. The van der Waals surface area contributed by atoms with Gasteiger partial charge in [0.1, 0.15) is 0 Å². The zero-order valence-corrected chi connectivity index (χ0v) is 15.7. The van der Waals surface area contributed by atoms with E-state index in [-0.39, 0.29) is 30.0 Å². The lowest BCUT2D eigenvalue weighted by molar-refractivity contribution is 0.179. The van der Waals surface area contributed by atoms with Crippen LogP contribution in [0.5, 0.6) is 0 Å². The number of aliphatic imine (C=N–C) groups is 1. The van der Waals surface area contributed by atoms with E-state index in [9.17, 15) is 0 Å². The molecule has 0 radical (unpaired) electrons. The van der Waals surface area contributed by atoms with Crippen molar-refractivity contribution >= 4 is 41.3 Å². The molecule has 1 rings (SSSR count). The minimum absolute atomic E-state index is 0. The van der Waals surface area contributed by atoms with Crippen molar-refractivity contribution < 1.29 is 4.74 Å². The molecular formula is C13H25IN4OS. The summed E-state index contributed by atoms with van der Waals surface area (Å²) in [5.74, 6) is 0.952. The average Bonchev–Trinajstić information content (AvgIpc) is 2.78. The molecule has 3 N–H and O–H groups in total. The molecular weight excluding hydrogens is 387 g/mol.